The number of nitrogens with one attached hydrogen (secondary N) is 3. The lowest BCUT2D eigenvalue weighted by atomic mass is 10.3. The van der Waals surface area contributed by atoms with Gasteiger partial charge in [0.25, 0.3) is 0 Å². The highest BCUT2D eigenvalue weighted by atomic mass is 16.3. The molecule has 3 fully saturated rings. The van der Waals surface area contributed by atoms with Crippen molar-refractivity contribution in [1.29, 1.82) is 0 Å². The van der Waals surface area contributed by atoms with Crippen LogP contribution in [0.1, 0.15) is 0 Å². The quantitative estimate of drug-likeness (QED) is 0.369. The fraction of sp³-hybridized carbons (Fsp3) is 1.00. The normalized spacial score (nSPS) is 23.2. The summed E-state index contributed by atoms with van der Waals surface area (Å²) in [5, 5.41) is 18.4. The number of aliphatic hydroxyl groups excluding tert-OH is 1. The monoisotopic (exact) mass is 359 g/mol. The first kappa shape index (κ1) is 22.7. The molecule has 3 heterocycles. The largest absolute Gasteiger partial charge is 0.395 e. The highest BCUT2D eigenvalue weighted by molar-refractivity contribution is 4.67. The first-order valence-electron chi connectivity index (χ1n) is 9.82. The molecule has 0 radical (unpaired) electrons. The van der Waals surface area contributed by atoms with Crippen LogP contribution in [0.5, 0.6) is 0 Å². The van der Waals surface area contributed by atoms with Gasteiger partial charge in [-0.2, -0.15) is 0 Å². The third-order valence-electron chi connectivity index (χ3n) is 4.62. The molecular weight excluding hydrogens is 318 g/mol. The van der Waals surface area contributed by atoms with Crippen molar-refractivity contribution in [2.45, 2.75) is 0 Å². The Balaban J connectivity index is 0.000000189. The van der Waals surface area contributed by atoms with E-state index >= 15 is 0 Å². The van der Waals surface area contributed by atoms with E-state index in [-0.39, 0.29) is 0 Å². The summed E-state index contributed by atoms with van der Waals surface area (Å²) in [6, 6.07) is 0. The Morgan fingerprint density at radius 2 is 1.12 bits per heavy atom. The third-order valence-corrected chi connectivity index (χ3v) is 4.62. The van der Waals surface area contributed by atoms with Crippen LogP contribution in [-0.2, 0) is 0 Å². The Morgan fingerprint density at radius 3 is 1.44 bits per heavy atom. The van der Waals surface area contributed by atoms with Crippen molar-refractivity contribution < 1.29 is 5.11 Å². The van der Waals surface area contributed by atoms with Crippen LogP contribution >= 0.6 is 0 Å². The molecule has 0 amide bonds. The molecule has 0 saturated carbocycles. The van der Waals surface area contributed by atoms with E-state index < -0.39 is 0 Å². The number of hydrogen-bond acceptors (Lipinski definition) is 8. The number of aliphatic hydroxyl groups is 1. The van der Waals surface area contributed by atoms with Gasteiger partial charge in [-0.1, -0.05) is 0 Å². The van der Waals surface area contributed by atoms with Gasteiger partial charge in [-0.15, -0.1) is 0 Å². The third kappa shape index (κ3) is 12.6. The number of likely N-dealkylation sites (N-methyl/N-ethyl adjacent to an activating group) is 1. The van der Waals surface area contributed by atoms with Crippen LogP contribution < -0.4 is 21.7 Å². The van der Waals surface area contributed by atoms with E-state index in [2.05, 4.69) is 37.7 Å². The number of hydrogen-bond donors (Lipinski definition) is 5. The van der Waals surface area contributed by atoms with Gasteiger partial charge in [0.05, 0.1) is 6.61 Å². The fourth-order valence-electron chi connectivity index (χ4n) is 2.97. The van der Waals surface area contributed by atoms with Gasteiger partial charge in [0.15, 0.2) is 0 Å². The Morgan fingerprint density at radius 1 is 0.720 bits per heavy atom. The molecule has 0 atom stereocenters. The highest BCUT2D eigenvalue weighted by Crippen LogP contribution is 1.89. The molecule has 6 N–H and O–H groups in total. The number of piperazine rings is 3. The molecule has 8 heteroatoms. The van der Waals surface area contributed by atoms with Gasteiger partial charge < -0.3 is 31.7 Å². The van der Waals surface area contributed by atoms with Crippen LogP contribution in [0.15, 0.2) is 0 Å². The van der Waals surface area contributed by atoms with E-state index in [4.69, 9.17) is 10.8 Å². The zero-order valence-corrected chi connectivity index (χ0v) is 16.2. The molecule has 3 rings (SSSR count). The van der Waals surface area contributed by atoms with E-state index in [1.165, 1.54) is 13.1 Å². The average molecular weight is 360 g/mol. The van der Waals surface area contributed by atoms with Gasteiger partial charge in [0, 0.05) is 98.2 Å². The van der Waals surface area contributed by atoms with E-state index in [1.807, 2.05) is 0 Å². The van der Waals surface area contributed by atoms with Crippen LogP contribution in [0.2, 0.25) is 0 Å². The maximum Gasteiger partial charge on any atom is 0.0558 e. The van der Waals surface area contributed by atoms with Gasteiger partial charge >= 0.3 is 0 Å². The second-order valence-electron chi connectivity index (χ2n) is 6.75. The lowest BCUT2D eigenvalue weighted by Crippen LogP contribution is -2.45. The number of nitrogens with zero attached hydrogens (tertiary/aromatic N) is 3. The first-order chi connectivity index (χ1) is 12.3. The van der Waals surface area contributed by atoms with Gasteiger partial charge in [-0.25, -0.2) is 0 Å². The van der Waals surface area contributed by atoms with Crippen molar-refractivity contribution in [3.05, 3.63) is 0 Å². The smallest absolute Gasteiger partial charge is 0.0558 e. The van der Waals surface area contributed by atoms with Crippen LogP contribution in [0.3, 0.4) is 0 Å². The molecule has 0 aromatic heterocycles. The predicted molar refractivity (Wildman–Crippen MR) is 105 cm³/mol. The molecule has 0 spiro atoms. The van der Waals surface area contributed by atoms with E-state index in [9.17, 15) is 0 Å². The van der Waals surface area contributed by atoms with E-state index in [0.717, 1.165) is 85.1 Å². The summed E-state index contributed by atoms with van der Waals surface area (Å²) in [5.41, 5.74) is 5.40. The summed E-state index contributed by atoms with van der Waals surface area (Å²) in [5.74, 6) is 0. The minimum atomic E-state index is 0.292. The summed E-state index contributed by atoms with van der Waals surface area (Å²) in [7, 11) is 2.15. The Hall–Kier alpha value is -0.320. The van der Waals surface area contributed by atoms with Crippen LogP contribution in [0.4, 0.5) is 0 Å². The molecule has 0 unspecified atom stereocenters. The molecule has 0 bridgehead atoms. The average Bonchev–Trinajstić information content (AvgIpc) is 2.66. The van der Waals surface area contributed by atoms with Gasteiger partial charge in [0.1, 0.15) is 0 Å². The van der Waals surface area contributed by atoms with Crippen molar-refractivity contribution in [2.75, 3.05) is 112 Å². The lowest BCUT2D eigenvalue weighted by Gasteiger charge is -2.26. The standard InChI is InChI=1S/C6H15N3.C6H14N2O.C5H12N2/c7-1-4-9-5-2-8-3-6-9;9-6-5-8-3-1-7-2-4-8;1-7-4-2-6-3-5-7/h8H,1-7H2;7,9H,1-6H2;6H,2-5H2,1H3. The molecular formula is C17H41N7O. The van der Waals surface area contributed by atoms with Crippen LogP contribution in [0.25, 0.3) is 0 Å². The molecule has 3 aliphatic rings. The topological polar surface area (TPSA) is 92.1 Å². The molecule has 25 heavy (non-hydrogen) atoms. The summed E-state index contributed by atoms with van der Waals surface area (Å²) in [6.07, 6.45) is 0. The predicted octanol–water partition coefficient (Wildman–Crippen LogP) is -2.74. The van der Waals surface area contributed by atoms with Crippen molar-refractivity contribution >= 4 is 0 Å². The van der Waals surface area contributed by atoms with Crippen molar-refractivity contribution in [3.63, 3.8) is 0 Å². The minimum Gasteiger partial charge on any atom is -0.395 e. The van der Waals surface area contributed by atoms with Gasteiger partial charge in [-0.3, -0.25) is 9.80 Å². The Bertz CT molecular complexity index is 253. The molecule has 150 valence electrons. The highest BCUT2D eigenvalue weighted by Gasteiger charge is 2.07. The maximum atomic E-state index is 8.56. The zero-order chi connectivity index (χ0) is 18.2. The second kappa shape index (κ2) is 15.9. The molecule has 0 aromatic carbocycles. The summed E-state index contributed by atoms with van der Waals surface area (Å²) >= 11 is 0. The lowest BCUT2D eigenvalue weighted by molar-refractivity contribution is 0.180. The molecule has 0 aromatic rings. The van der Waals surface area contributed by atoms with E-state index in [1.54, 1.807) is 0 Å². The molecule has 3 saturated heterocycles. The van der Waals surface area contributed by atoms with Crippen molar-refractivity contribution in [3.8, 4) is 0 Å². The zero-order valence-electron chi connectivity index (χ0n) is 16.2. The molecule has 0 aliphatic carbocycles. The number of nitrogens with two attached hydrogens (primary N) is 1. The summed E-state index contributed by atoms with van der Waals surface area (Å²) in [6.45, 7) is 16.6. The van der Waals surface area contributed by atoms with E-state index in [0.29, 0.717) is 6.61 Å². The van der Waals surface area contributed by atoms with Crippen LogP contribution in [-0.4, -0.2) is 132 Å². The summed E-state index contributed by atoms with van der Waals surface area (Å²) in [4.78, 5) is 6.98. The maximum absolute atomic E-state index is 8.56. The molecule has 3 aliphatic heterocycles. The first-order valence-corrected chi connectivity index (χ1v) is 9.82. The van der Waals surface area contributed by atoms with Crippen molar-refractivity contribution in [1.82, 2.24) is 30.7 Å². The molecule has 8 nitrogen and oxygen atoms in total. The summed E-state index contributed by atoms with van der Waals surface area (Å²) < 4.78 is 0. The fourth-order valence-corrected chi connectivity index (χ4v) is 2.97. The van der Waals surface area contributed by atoms with Gasteiger partial charge in [-0.05, 0) is 7.05 Å². The van der Waals surface area contributed by atoms with Crippen LogP contribution in [0, 0.1) is 0 Å². The number of β-amino-alcohol motifs (C(OH)–C–C–N with tert-alkyl or cyclic N) is 1. The minimum absolute atomic E-state index is 0.292. The Kier molecular flexibility index (Phi) is 14.4. The number of rotatable bonds is 4. The second-order valence-corrected chi connectivity index (χ2v) is 6.75. The SMILES string of the molecule is CN1CCNCC1.NCCN1CCNCC1.OCCN1CCNCC1. The Labute approximate surface area is 154 Å². The van der Waals surface area contributed by atoms with Gasteiger partial charge in [0.2, 0.25) is 0 Å². The van der Waals surface area contributed by atoms with Crippen molar-refractivity contribution in [2.24, 2.45) is 5.73 Å².